The number of carbonyl (C=O) groups is 1. The van der Waals surface area contributed by atoms with Gasteiger partial charge in [0.2, 0.25) is 5.91 Å². The van der Waals surface area contributed by atoms with Crippen molar-refractivity contribution in [3.05, 3.63) is 22.7 Å². The van der Waals surface area contributed by atoms with E-state index in [-0.39, 0.29) is 18.1 Å². The summed E-state index contributed by atoms with van der Waals surface area (Å²) in [5, 5.41) is 22.4. The van der Waals surface area contributed by atoms with Crippen LogP contribution in [0.3, 0.4) is 0 Å². The van der Waals surface area contributed by atoms with E-state index in [0.717, 1.165) is 0 Å². The normalized spacial score (nSPS) is 35.3. The number of aliphatic hydroxyl groups excluding tert-OH is 2. The number of rotatable bonds is 2. The van der Waals surface area contributed by atoms with E-state index in [2.05, 4.69) is 10.3 Å². The average Bonchev–Trinajstić information content (AvgIpc) is 2.95. The predicted molar refractivity (Wildman–Crippen MR) is 70.0 cm³/mol. The Hall–Kier alpha value is -1.97. The summed E-state index contributed by atoms with van der Waals surface area (Å²) >= 11 is 0. The maximum absolute atomic E-state index is 12.0. The number of amides is 1. The lowest BCUT2D eigenvalue weighted by Gasteiger charge is -2.32. The average molecular weight is 296 g/mol. The van der Waals surface area contributed by atoms with E-state index >= 15 is 0 Å². The van der Waals surface area contributed by atoms with E-state index in [4.69, 9.17) is 10.5 Å². The zero-order chi connectivity index (χ0) is 15.2. The van der Waals surface area contributed by atoms with E-state index in [1.165, 1.54) is 16.8 Å². The molecule has 2 saturated heterocycles. The zero-order valence-corrected chi connectivity index (χ0v) is 11.1. The lowest BCUT2D eigenvalue weighted by molar-refractivity contribution is -0.121. The molecule has 1 aromatic rings. The van der Waals surface area contributed by atoms with Crippen molar-refractivity contribution in [1.82, 2.24) is 14.9 Å². The molecule has 9 heteroatoms. The molecule has 0 bridgehead atoms. The summed E-state index contributed by atoms with van der Waals surface area (Å²) < 4.78 is 6.75. The molecule has 2 aliphatic rings. The van der Waals surface area contributed by atoms with Gasteiger partial charge in [0.25, 0.3) is 0 Å². The van der Waals surface area contributed by atoms with Crippen molar-refractivity contribution in [2.45, 2.75) is 36.8 Å². The Morgan fingerprint density at radius 3 is 2.90 bits per heavy atom. The molecule has 1 spiro atoms. The molecule has 2 fully saturated rings. The number of carbonyl (C=O) groups excluding carboxylic acids is 1. The van der Waals surface area contributed by atoms with Gasteiger partial charge in [0, 0.05) is 12.6 Å². The molecule has 0 aliphatic carbocycles. The number of nitrogens with one attached hydrogen (secondary N) is 1. The van der Waals surface area contributed by atoms with Gasteiger partial charge in [0.05, 0.1) is 6.61 Å². The smallest absolute Gasteiger partial charge is 0.351 e. The number of anilines is 1. The predicted octanol–water partition coefficient (Wildman–Crippen LogP) is -2.28. The van der Waals surface area contributed by atoms with Crippen molar-refractivity contribution in [2.75, 3.05) is 12.3 Å². The van der Waals surface area contributed by atoms with Crippen LogP contribution in [0, 0.1) is 0 Å². The SMILES string of the molecule is Nc1ccn([C@@H]2O[C@H](CO)[C@@H](O)[C@]23CCC(=O)N3)c(=O)n1. The Kier molecular flexibility index (Phi) is 3.19. The molecular formula is C12H16N4O5. The fourth-order valence-electron chi connectivity index (χ4n) is 3.01. The molecule has 0 aromatic carbocycles. The molecule has 9 nitrogen and oxygen atoms in total. The first-order chi connectivity index (χ1) is 9.98. The first kappa shape index (κ1) is 14.0. The van der Waals surface area contributed by atoms with E-state index in [9.17, 15) is 19.8 Å². The quantitative estimate of drug-likeness (QED) is 0.482. The van der Waals surface area contributed by atoms with Gasteiger partial charge in [-0.1, -0.05) is 0 Å². The van der Waals surface area contributed by atoms with Crippen LogP contribution in [0.2, 0.25) is 0 Å². The minimum Gasteiger partial charge on any atom is -0.394 e. The summed E-state index contributed by atoms with van der Waals surface area (Å²) in [6, 6.07) is 1.42. The summed E-state index contributed by atoms with van der Waals surface area (Å²) in [6.45, 7) is -0.424. The number of ether oxygens (including phenoxy) is 1. The van der Waals surface area contributed by atoms with Crippen molar-refractivity contribution in [3.8, 4) is 0 Å². The van der Waals surface area contributed by atoms with Crippen molar-refractivity contribution >= 4 is 11.7 Å². The summed E-state index contributed by atoms with van der Waals surface area (Å²) in [7, 11) is 0. The van der Waals surface area contributed by atoms with Crippen LogP contribution in [0.5, 0.6) is 0 Å². The van der Waals surface area contributed by atoms with Crippen LogP contribution in [-0.2, 0) is 9.53 Å². The Morgan fingerprint density at radius 1 is 1.57 bits per heavy atom. The van der Waals surface area contributed by atoms with E-state index < -0.39 is 36.3 Å². The van der Waals surface area contributed by atoms with Gasteiger partial charge in [-0.15, -0.1) is 0 Å². The first-order valence-corrected chi connectivity index (χ1v) is 6.58. The molecule has 1 amide bonds. The molecule has 1 aromatic heterocycles. The van der Waals surface area contributed by atoms with E-state index in [1.807, 2.05) is 0 Å². The van der Waals surface area contributed by atoms with Gasteiger partial charge in [-0.2, -0.15) is 4.98 Å². The third kappa shape index (κ3) is 2.01. The number of hydrogen-bond acceptors (Lipinski definition) is 7. The highest BCUT2D eigenvalue weighted by atomic mass is 16.5. The fraction of sp³-hybridized carbons (Fsp3) is 0.583. The molecule has 4 atom stereocenters. The van der Waals surface area contributed by atoms with Gasteiger partial charge in [0.15, 0.2) is 6.23 Å². The molecule has 3 heterocycles. The van der Waals surface area contributed by atoms with Crippen molar-refractivity contribution in [2.24, 2.45) is 0 Å². The molecule has 0 saturated carbocycles. The summed E-state index contributed by atoms with van der Waals surface area (Å²) in [5.41, 5.74) is 3.66. The van der Waals surface area contributed by atoms with Crippen molar-refractivity contribution in [1.29, 1.82) is 0 Å². The highest BCUT2D eigenvalue weighted by Gasteiger charge is 2.60. The van der Waals surface area contributed by atoms with Gasteiger partial charge < -0.3 is 26.0 Å². The summed E-state index contributed by atoms with van der Waals surface area (Å²) in [5.74, 6) is -0.171. The van der Waals surface area contributed by atoms with Crippen LogP contribution >= 0.6 is 0 Å². The van der Waals surface area contributed by atoms with E-state index in [0.29, 0.717) is 6.42 Å². The second-order valence-corrected chi connectivity index (χ2v) is 5.29. The van der Waals surface area contributed by atoms with E-state index in [1.54, 1.807) is 0 Å². The minimum absolute atomic E-state index is 0.0676. The third-order valence-corrected chi connectivity index (χ3v) is 4.05. The van der Waals surface area contributed by atoms with Crippen molar-refractivity contribution < 1.29 is 19.7 Å². The monoisotopic (exact) mass is 296 g/mol. The van der Waals surface area contributed by atoms with Crippen LogP contribution in [0.15, 0.2) is 17.1 Å². The standard InChI is InChI=1S/C12H16N4O5/c13-7-2-4-16(11(20)14-7)10-12(3-1-8(18)15-12)9(19)6(5-17)21-10/h2,4,6,9-10,17,19H,1,3,5H2,(H,15,18)(H2,13,14,20)/t6-,9-,10-,12-/m1/s1. The second kappa shape index (κ2) is 4.79. The zero-order valence-electron chi connectivity index (χ0n) is 11.1. The lowest BCUT2D eigenvalue weighted by Crippen LogP contribution is -2.56. The van der Waals surface area contributed by atoms with Crippen LogP contribution in [0.1, 0.15) is 19.1 Å². The van der Waals surface area contributed by atoms with Gasteiger partial charge in [-0.25, -0.2) is 4.79 Å². The Bertz CT molecular complexity index is 632. The summed E-state index contributed by atoms with van der Waals surface area (Å²) in [6.07, 6.45) is -1.05. The molecule has 0 radical (unpaired) electrons. The van der Waals surface area contributed by atoms with Crippen LogP contribution < -0.4 is 16.7 Å². The largest absolute Gasteiger partial charge is 0.394 e. The lowest BCUT2D eigenvalue weighted by atomic mass is 9.88. The molecule has 0 unspecified atom stereocenters. The number of nitrogen functional groups attached to an aromatic ring is 1. The van der Waals surface area contributed by atoms with Crippen LogP contribution in [0.25, 0.3) is 0 Å². The molecule has 3 rings (SSSR count). The van der Waals surface area contributed by atoms with Crippen LogP contribution in [-0.4, -0.2) is 50.0 Å². The fourth-order valence-corrected chi connectivity index (χ4v) is 3.01. The highest BCUT2D eigenvalue weighted by Crippen LogP contribution is 2.43. The van der Waals surface area contributed by atoms with Gasteiger partial charge in [-0.05, 0) is 12.5 Å². The Morgan fingerprint density at radius 2 is 2.33 bits per heavy atom. The highest BCUT2D eigenvalue weighted by molar-refractivity contribution is 5.79. The van der Waals surface area contributed by atoms with Gasteiger partial charge in [0.1, 0.15) is 23.6 Å². The molecule has 21 heavy (non-hydrogen) atoms. The second-order valence-electron chi connectivity index (χ2n) is 5.29. The Labute approximate surface area is 119 Å². The molecule has 2 aliphatic heterocycles. The number of aliphatic hydroxyl groups is 2. The number of nitrogens with zero attached hydrogens (tertiary/aromatic N) is 2. The molecular weight excluding hydrogens is 280 g/mol. The first-order valence-electron chi connectivity index (χ1n) is 6.58. The Balaban J connectivity index is 2.07. The van der Waals surface area contributed by atoms with Gasteiger partial charge in [-0.3, -0.25) is 9.36 Å². The minimum atomic E-state index is -1.15. The molecule has 5 N–H and O–H groups in total. The van der Waals surface area contributed by atoms with Gasteiger partial charge >= 0.3 is 5.69 Å². The number of aromatic nitrogens is 2. The number of hydrogen-bond donors (Lipinski definition) is 4. The van der Waals surface area contributed by atoms with Crippen molar-refractivity contribution in [3.63, 3.8) is 0 Å². The molecule has 114 valence electrons. The topological polar surface area (TPSA) is 140 Å². The maximum Gasteiger partial charge on any atom is 0.351 e. The maximum atomic E-state index is 12.0. The third-order valence-electron chi connectivity index (χ3n) is 4.05. The van der Waals surface area contributed by atoms with Crippen LogP contribution in [0.4, 0.5) is 5.82 Å². The summed E-state index contributed by atoms with van der Waals surface area (Å²) in [4.78, 5) is 27.2. The number of nitrogens with two attached hydrogens (primary N) is 1.